The maximum atomic E-state index is 9.00. The van der Waals surface area contributed by atoms with Crippen LogP contribution < -0.4 is 5.32 Å². The van der Waals surface area contributed by atoms with Crippen LogP contribution in [0.5, 0.6) is 0 Å². The van der Waals surface area contributed by atoms with Gasteiger partial charge in [-0.25, -0.2) is 0 Å². The highest BCUT2D eigenvalue weighted by Crippen LogP contribution is 2.56. The molecule has 4 saturated carbocycles. The third-order valence-electron chi connectivity index (χ3n) is 5.59. The third kappa shape index (κ3) is 2.10. The van der Waals surface area contributed by atoms with Gasteiger partial charge in [0, 0.05) is 0 Å². The van der Waals surface area contributed by atoms with Gasteiger partial charge >= 0.3 is 0 Å². The molecule has 0 aromatic rings. The molecule has 0 amide bonds. The predicted molar refractivity (Wildman–Crippen MR) is 68.2 cm³/mol. The molecule has 0 aliphatic heterocycles. The molecule has 0 saturated heterocycles. The Balaban J connectivity index is 1.59. The van der Waals surface area contributed by atoms with E-state index in [9.17, 15) is 0 Å². The molecule has 2 heteroatoms. The molecule has 0 aromatic carbocycles. The molecule has 0 aromatic heterocycles. The molecule has 2 nitrogen and oxygen atoms in total. The number of nitrogens with zero attached hydrogens (tertiary/aromatic N) is 1. The second kappa shape index (κ2) is 4.61. The summed E-state index contributed by atoms with van der Waals surface area (Å²) in [4.78, 5) is 0. The Bertz CT molecular complexity index is 289. The lowest BCUT2D eigenvalue weighted by Crippen LogP contribution is -2.49. The van der Waals surface area contributed by atoms with E-state index in [-0.39, 0.29) is 6.04 Å². The molecule has 1 unspecified atom stereocenters. The van der Waals surface area contributed by atoms with Crippen LogP contribution in [-0.2, 0) is 0 Å². The molecular weight excluding hydrogens is 208 g/mol. The molecule has 4 bridgehead atoms. The van der Waals surface area contributed by atoms with Crippen LogP contribution in [0.25, 0.3) is 0 Å². The van der Waals surface area contributed by atoms with Gasteiger partial charge in [-0.3, -0.25) is 0 Å². The second-order valence-corrected chi connectivity index (χ2v) is 6.59. The Morgan fingerprint density at radius 2 is 1.71 bits per heavy atom. The molecule has 4 fully saturated rings. The van der Waals surface area contributed by atoms with Crippen molar-refractivity contribution in [1.82, 2.24) is 5.32 Å². The number of nitrogens with one attached hydrogen (secondary N) is 1. The van der Waals surface area contributed by atoms with Gasteiger partial charge in [-0.05, 0) is 74.7 Å². The minimum Gasteiger partial charge on any atom is -0.302 e. The SMILES string of the molecule is CCC(C#N)NCC1C2CC3CC(C2)CC1C3. The van der Waals surface area contributed by atoms with Crippen LogP contribution in [0, 0.1) is 40.9 Å². The van der Waals surface area contributed by atoms with Crippen LogP contribution in [0.2, 0.25) is 0 Å². The molecule has 4 rings (SSSR count). The largest absolute Gasteiger partial charge is 0.302 e. The molecule has 0 radical (unpaired) electrons. The molecule has 94 valence electrons. The lowest BCUT2D eigenvalue weighted by Gasteiger charge is -2.54. The highest BCUT2D eigenvalue weighted by molar-refractivity contribution is 4.99. The summed E-state index contributed by atoms with van der Waals surface area (Å²) >= 11 is 0. The fourth-order valence-corrected chi connectivity index (χ4v) is 4.93. The van der Waals surface area contributed by atoms with Gasteiger partial charge < -0.3 is 5.32 Å². The van der Waals surface area contributed by atoms with E-state index < -0.39 is 0 Å². The van der Waals surface area contributed by atoms with E-state index in [2.05, 4.69) is 18.3 Å². The van der Waals surface area contributed by atoms with Gasteiger partial charge in [0.15, 0.2) is 0 Å². The summed E-state index contributed by atoms with van der Waals surface area (Å²) in [7, 11) is 0. The normalized spacial score (nSPS) is 44.6. The van der Waals surface area contributed by atoms with Gasteiger partial charge in [-0.1, -0.05) is 6.92 Å². The van der Waals surface area contributed by atoms with E-state index in [1.54, 1.807) is 0 Å². The summed E-state index contributed by atoms with van der Waals surface area (Å²) in [5.41, 5.74) is 0. The van der Waals surface area contributed by atoms with Crippen LogP contribution in [0.4, 0.5) is 0 Å². The smallest absolute Gasteiger partial charge is 0.0950 e. The van der Waals surface area contributed by atoms with Crippen molar-refractivity contribution in [3.63, 3.8) is 0 Å². The fraction of sp³-hybridized carbons (Fsp3) is 0.933. The van der Waals surface area contributed by atoms with Crippen LogP contribution >= 0.6 is 0 Å². The zero-order valence-electron chi connectivity index (χ0n) is 10.9. The van der Waals surface area contributed by atoms with Crippen molar-refractivity contribution in [2.75, 3.05) is 6.54 Å². The first-order valence-corrected chi connectivity index (χ1v) is 7.43. The molecule has 4 aliphatic rings. The van der Waals surface area contributed by atoms with E-state index in [1.807, 2.05) is 0 Å². The average Bonchev–Trinajstić information content (AvgIpc) is 2.32. The molecule has 0 heterocycles. The zero-order chi connectivity index (χ0) is 11.8. The molecule has 1 atom stereocenters. The van der Waals surface area contributed by atoms with E-state index >= 15 is 0 Å². The molecule has 0 spiro atoms. The van der Waals surface area contributed by atoms with Crippen LogP contribution in [0.1, 0.15) is 45.4 Å². The van der Waals surface area contributed by atoms with E-state index in [0.717, 1.165) is 42.6 Å². The number of hydrogen-bond donors (Lipinski definition) is 1. The van der Waals surface area contributed by atoms with Crippen molar-refractivity contribution in [3.8, 4) is 6.07 Å². The zero-order valence-corrected chi connectivity index (χ0v) is 10.9. The Hall–Kier alpha value is -0.550. The third-order valence-corrected chi connectivity index (χ3v) is 5.59. The standard InChI is InChI=1S/C15H24N2/c1-2-14(8-16)17-9-15-12-4-10-3-11(6-12)7-13(15)5-10/h10-15,17H,2-7,9H2,1H3. The van der Waals surface area contributed by atoms with Crippen LogP contribution in [0.3, 0.4) is 0 Å². The first kappa shape index (κ1) is 11.5. The summed E-state index contributed by atoms with van der Waals surface area (Å²) in [6.45, 7) is 3.19. The Labute approximate surface area is 105 Å². The Morgan fingerprint density at radius 1 is 1.12 bits per heavy atom. The van der Waals surface area contributed by atoms with Crippen molar-refractivity contribution in [2.24, 2.45) is 29.6 Å². The van der Waals surface area contributed by atoms with Gasteiger partial charge in [-0.2, -0.15) is 5.26 Å². The second-order valence-electron chi connectivity index (χ2n) is 6.59. The maximum Gasteiger partial charge on any atom is 0.0950 e. The number of rotatable bonds is 4. The van der Waals surface area contributed by atoms with Crippen LogP contribution in [0.15, 0.2) is 0 Å². The van der Waals surface area contributed by atoms with Crippen molar-refractivity contribution in [3.05, 3.63) is 0 Å². The summed E-state index contributed by atoms with van der Waals surface area (Å²) in [5, 5.41) is 12.5. The van der Waals surface area contributed by atoms with E-state index in [1.165, 1.54) is 32.1 Å². The maximum absolute atomic E-state index is 9.00. The monoisotopic (exact) mass is 232 g/mol. The Kier molecular flexibility index (Phi) is 3.13. The lowest BCUT2D eigenvalue weighted by atomic mass is 9.52. The van der Waals surface area contributed by atoms with Gasteiger partial charge in [0.05, 0.1) is 12.1 Å². The van der Waals surface area contributed by atoms with Gasteiger partial charge in [0.2, 0.25) is 0 Å². The molecule has 17 heavy (non-hydrogen) atoms. The van der Waals surface area contributed by atoms with Crippen molar-refractivity contribution in [2.45, 2.75) is 51.5 Å². The highest BCUT2D eigenvalue weighted by atomic mass is 14.9. The molecule has 1 N–H and O–H groups in total. The Morgan fingerprint density at radius 3 is 2.18 bits per heavy atom. The van der Waals surface area contributed by atoms with Gasteiger partial charge in [0.25, 0.3) is 0 Å². The van der Waals surface area contributed by atoms with Crippen LogP contribution in [-0.4, -0.2) is 12.6 Å². The fourth-order valence-electron chi connectivity index (χ4n) is 4.93. The summed E-state index contributed by atoms with van der Waals surface area (Å²) in [6, 6.07) is 2.44. The van der Waals surface area contributed by atoms with Gasteiger partial charge in [-0.15, -0.1) is 0 Å². The van der Waals surface area contributed by atoms with E-state index in [4.69, 9.17) is 5.26 Å². The first-order valence-electron chi connectivity index (χ1n) is 7.43. The number of nitriles is 1. The highest BCUT2D eigenvalue weighted by Gasteiger charge is 2.47. The van der Waals surface area contributed by atoms with Crippen molar-refractivity contribution in [1.29, 1.82) is 5.26 Å². The minimum absolute atomic E-state index is 0.0761. The lowest BCUT2D eigenvalue weighted by molar-refractivity contribution is -0.0358. The molecule has 4 aliphatic carbocycles. The minimum atomic E-state index is 0.0761. The average molecular weight is 232 g/mol. The first-order chi connectivity index (χ1) is 8.30. The van der Waals surface area contributed by atoms with Crippen molar-refractivity contribution < 1.29 is 0 Å². The van der Waals surface area contributed by atoms with Gasteiger partial charge in [0.1, 0.15) is 0 Å². The topological polar surface area (TPSA) is 35.8 Å². The van der Waals surface area contributed by atoms with Crippen molar-refractivity contribution >= 4 is 0 Å². The predicted octanol–water partition coefficient (Wildman–Crippen LogP) is 2.95. The quantitative estimate of drug-likeness (QED) is 0.809. The summed E-state index contributed by atoms with van der Waals surface area (Å²) < 4.78 is 0. The summed E-state index contributed by atoms with van der Waals surface area (Å²) in [5.74, 6) is 4.97. The molecular formula is C15H24N2. The number of hydrogen-bond acceptors (Lipinski definition) is 2. The summed E-state index contributed by atoms with van der Waals surface area (Å²) in [6.07, 6.45) is 8.42. The van der Waals surface area contributed by atoms with E-state index in [0.29, 0.717) is 0 Å².